The minimum atomic E-state index is -1.34. The van der Waals surface area contributed by atoms with Crippen LogP contribution < -0.4 is 10.6 Å². The van der Waals surface area contributed by atoms with E-state index in [9.17, 15) is 29.1 Å². The molecule has 3 amide bonds. The third-order valence-corrected chi connectivity index (χ3v) is 8.30. The number of carboxylic acid groups (broad SMARTS) is 2. The zero-order valence-corrected chi connectivity index (χ0v) is 22.4. The number of fused-ring (bicyclic) bond motifs is 1. The molecule has 0 spiro atoms. The Kier molecular flexibility index (Phi) is 8.97. The first-order chi connectivity index (χ1) is 19.2. The number of oxime groups is 1. The Morgan fingerprint density at radius 2 is 2.17 bits per heavy atom. The van der Waals surface area contributed by atoms with Crippen molar-refractivity contribution in [3.8, 4) is 12.3 Å². The Morgan fingerprint density at radius 1 is 1.38 bits per heavy atom. The van der Waals surface area contributed by atoms with Gasteiger partial charge in [-0.05, 0) is 16.0 Å². The number of terminal acetylenes is 1. The number of anilines is 1. The highest BCUT2D eigenvalue weighted by atomic mass is 32.2. The Labute approximate surface area is 236 Å². The molecule has 17 nitrogen and oxygen atoms in total. The second-order valence-corrected chi connectivity index (χ2v) is 10.5. The summed E-state index contributed by atoms with van der Waals surface area (Å²) in [6.45, 7) is -0.719. The SMILES string of the molecule is C#CCO/N=C(/C(=O)NC1C(=O)N2C(C(=O)O)=C(CSc3nnnn3CC(=O)O)CS[C@H]12)c1csc(NC=O)n1. The van der Waals surface area contributed by atoms with Gasteiger partial charge >= 0.3 is 11.9 Å². The summed E-state index contributed by atoms with van der Waals surface area (Å²) in [6.07, 6.45) is 5.56. The van der Waals surface area contributed by atoms with Crippen LogP contribution in [0.25, 0.3) is 0 Å². The van der Waals surface area contributed by atoms with E-state index in [0.717, 1.165) is 32.7 Å². The van der Waals surface area contributed by atoms with Gasteiger partial charge in [0.15, 0.2) is 17.5 Å². The molecule has 2 aliphatic heterocycles. The van der Waals surface area contributed by atoms with Crippen LogP contribution in [0.5, 0.6) is 0 Å². The monoisotopic (exact) mass is 607 g/mol. The number of tetrazole rings is 1. The third-order valence-electron chi connectivity index (χ3n) is 5.14. The van der Waals surface area contributed by atoms with E-state index in [0.29, 0.717) is 12.0 Å². The van der Waals surface area contributed by atoms with E-state index >= 15 is 0 Å². The van der Waals surface area contributed by atoms with Gasteiger partial charge in [0.1, 0.15) is 29.4 Å². The first-order valence-electron chi connectivity index (χ1n) is 10.9. The lowest BCUT2D eigenvalue weighted by Gasteiger charge is -2.49. The zero-order valence-electron chi connectivity index (χ0n) is 19.9. The average Bonchev–Trinajstić information content (AvgIpc) is 3.56. The molecular formula is C20H17N9O8S3. The maximum atomic E-state index is 13.1. The number of thioether (sulfide) groups is 2. The quantitative estimate of drug-likeness (QED) is 0.0393. The van der Waals surface area contributed by atoms with E-state index in [-0.39, 0.29) is 45.5 Å². The molecule has 1 saturated heterocycles. The van der Waals surface area contributed by atoms with Crippen molar-refractivity contribution in [2.75, 3.05) is 23.4 Å². The van der Waals surface area contributed by atoms with Crippen molar-refractivity contribution >= 4 is 75.9 Å². The molecule has 0 bridgehead atoms. The fraction of sp³-hybridized carbons (Fsp3) is 0.300. The van der Waals surface area contributed by atoms with Gasteiger partial charge in [-0.15, -0.1) is 34.6 Å². The van der Waals surface area contributed by atoms with Crippen LogP contribution in [0.15, 0.2) is 27.0 Å². The molecule has 0 aliphatic carbocycles. The summed E-state index contributed by atoms with van der Waals surface area (Å²) >= 11 is 3.28. The molecule has 2 aromatic rings. The van der Waals surface area contributed by atoms with Crippen LogP contribution in [0.1, 0.15) is 5.69 Å². The Hall–Kier alpha value is -4.48. The molecule has 4 heterocycles. The van der Waals surface area contributed by atoms with E-state index in [1.807, 2.05) is 0 Å². The minimum Gasteiger partial charge on any atom is -0.480 e. The topological polar surface area (TPSA) is 231 Å². The van der Waals surface area contributed by atoms with Crippen LogP contribution in [-0.2, 0) is 35.4 Å². The summed E-state index contributed by atoms with van der Waals surface area (Å²) < 4.78 is 1.06. The number of amides is 3. The summed E-state index contributed by atoms with van der Waals surface area (Å²) in [7, 11) is 0. The fourth-order valence-corrected chi connectivity index (χ4v) is 6.54. The normalized spacial score (nSPS) is 18.3. The molecule has 1 unspecified atom stereocenters. The summed E-state index contributed by atoms with van der Waals surface area (Å²) in [4.78, 5) is 70.0. The molecule has 40 heavy (non-hydrogen) atoms. The lowest BCUT2D eigenvalue weighted by molar-refractivity contribution is -0.150. The number of carbonyl (C=O) groups excluding carboxylic acids is 3. The molecule has 0 saturated carbocycles. The predicted molar refractivity (Wildman–Crippen MR) is 139 cm³/mol. The van der Waals surface area contributed by atoms with Gasteiger partial charge in [0, 0.05) is 16.9 Å². The smallest absolute Gasteiger partial charge is 0.352 e. The van der Waals surface area contributed by atoms with E-state index < -0.39 is 41.7 Å². The average molecular weight is 608 g/mol. The third kappa shape index (κ3) is 6.05. The molecule has 0 aromatic carbocycles. The largest absolute Gasteiger partial charge is 0.480 e. The van der Waals surface area contributed by atoms with Crippen LogP contribution in [0, 0.1) is 12.3 Å². The number of aromatic nitrogens is 5. The molecule has 208 valence electrons. The molecule has 20 heteroatoms. The van der Waals surface area contributed by atoms with Crippen molar-refractivity contribution in [2.45, 2.75) is 23.1 Å². The second kappa shape index (κ2) is 12.6. The van der Waals surface area contributed by atoms with E-state index in [1.165, 1.54) is 17.1 Å². The number of hydrogen-bond donors (Lipinski definition) is 4. The van der Waals surface area contributed by atoms with Gasteiger partial charge in [0.05, 0.1) is 0 Å². The number of β-lactam (4-membered cyclic amide) rings is 1. The Bertz CT molecular complexity index is 1460. The van der Waals surface area contributed by atoms with Crippen molar-refractivity contribution in [3.63, 3.8) is 0 Å². The summed E-state index contributed by atoms with van der Waals surface area (Å²) in [6, 6.07) is -1.08. The number of carbonyl (C=O) groups is 5. The number of rotatable bonds is 13. The van der Waals surface area contributed by atoms with Crippen molar-refractivity contribution in [2.24, 2.45) is 5.16 Å². The van der Waals surface area contributed by atoms with Crippen LogP contribution >= 0.6 is 34.9 Å². The number of nitrogens with one attached hydrogen (secondary N) is 2. The van der Waals surface area contributed by atoms with Gasteiger partial charge in [0.2, 0.25) is 11.6 Å². The lowest BCUT2D eigenvalue weighted by atomic mass is 10.0. The molecule has 2 atom stereocenters. The second-order valence-electron chi connectivity index (χ2n) is 7.64. The fourth-order valence-electron chi connectivity index (χ4n) is 3.52. The van der Waals surface area contributed by atoms with Gasteiger partial charge < -0.3 is 25.7 Å². The summed E-state index contributed by atoms with van der Waals surface area (Å²) in [5, 5.41) is 39.3. The summed E-state index contributed by atoms with van der Waals surface area (Å²) in [5.74, 6) is -1.51. The van der Waals surface area contributed by atoms with E-state index in [1.54, 1.807) is 0 Å². The zero-order chi connectivity index (χ0) is 28.8. The number of aliphatic carboxylic acids is 2. The van der Waals surface area contributed by atoms with Crippen LogP contribution in [-0.4, -0.2) is 106 Å². The highest BCUT2D eigenvalue weighted by molar-refractivity contribution is 8.01. The van der Waals surface area contributed by atoms with Gasteiger partial charge in [-0.3, -0.25) is 24.1 Å². The molecule has 4 rings (SSSR count). The molecule has 2 aliphatic rings. The van der Waals surface area contributed by atoms with Crippen LogP contribution in [0.4, 0.5) is 5.13 Å². The number of carboxylic acids is 2. The highest BCUT2D eigenvalue weighted by Gasteiger charge is 2.54. The van der Waals surface area contributed by atoms with Gasteiger partial charge in [-0.1, -0.05) is 22.8 Å². The number of hydrogen-bond acceptors (Lipinski definition) is 14. The predicted octanol–water partition coefficient (Wildman–Crippen LogP) is -1.33. The Morgan fingerprint density at radius 3 is 2.88 bits per heavy atom. The van der Waals surface area contributed by atoms with Crippen LogP contribution in [0.3, 0.4) is 0 Å². The van der Waals surface area contributed by atoms with Crippen molar-refractivity contribution in [1.29, 1.82) is 0 Å². The van der Waals surface area contributed by atoms with Crippen LogP contribution in [0.2, 0.25) is 0 Å². The van der Waals surface area contributed by atoms with Gasteiger partial charge in [-0.2, -0.15) is 0 Å². The minimum absolute atomic E-state index is 0.0551. The van der Waals surface area contributed by atoms with Crippen molar-refractivity contribution in [1.82, 2.24) is 35.4 Å². The molecule has 0 radical (unpaired) electrons. The first-order valence-corrected chi connectivity index (χ1v) is 13.8. The molecule has 2 aromatic heterocycles. The first kappa shape index (κ1) is 28.5. The van der Waals surface area contributed by atoms with Crippen molar-refractivity contribution < 1.29 is 39.0 Å². The molecule has 1 fully saturated rings. The summed E-state index contributed by atoms with van der Waals surface area (Å²) in [5.41, 5.74) is -0.0918. The number of thiazole rings is 1. The highest BCUT2D eigenvalue weighted by Crippen LogP contribution is 2.41. The lowest BCUT2D eigenvalue weighted by Crippen LogP contribution is -2.71. The van der Waals surface area contributed by atoms with Gasteiger partial charge in [0.25, 0.3) is 11.8 Å². The number of nitrogens with zero attached hydrogens (tertiary/aromatic N) is 7. The Balaban J connectivity index is 1.49. The van der Waals surface area contributed by atoms with E-state index in [2.05, 4.69) is 42.2 Å². The molecule has 4 N–H and O–H groups in total. The van der Waals surface area contributed by atoms with Crippen molar-refractivity contribution in [3.05, 3.63) is 22.3 Å². The molecular weight excluding hydrogens is 590 g/mol. The maximum Gasteiger partial charge on any atom is 0.352 e. The van der Waals surface area contributed by atoms with Gasteiger partial charge in [-0.25, -0.2) is 14.5 Å². The van der Waals surface area contributed by atoms with E-state index in [4.69, 9.17) is 16.4 Å². The maximum absolute atomic E-state index is 13.1. The standard InChI is InChI=1S/C20H17N9O8S3/c1-2-3-37-25-12(10-7-39-19(22-10)21-8-30)15(33)23-13-16(34)29-14(18(35)36)9(5-38-17(13)29)6-40-20-24-26-27-28(20)4-11(31)32/h1,7-8,13,17H,3-6H2,(H,23,33)(H,31,32)(H,35,36)(H,21,22,30)/b25-12+/t13?,17-/m1/s1.